The Morgan fingerprint density at radius 1 is 1.04 bits per heavy atom. The number of nitrogens with zero attached hydrogens (tertiary/aromatic N) is 4. The molecule has 0 N–H and O–H groups in total. The van der Waals surface area contributed by atoms with E-state index in [-0.39, 0.29) is 11.8 Å². The highest BCUT2D eigenvalue weighted by Gasteiger charge is 2.21. The van der Waals surface area contributed by atoms with E-state index in [1.807, 2.05) is 47.4 Å². The molecule has 0 unspecified atom stereocenters. The highest BCUT2D eigenvalue weighted by Crippen LogP contribution is 2.16. The maximum Gasteiger partial charge on any atom is 0.227 e. The quantitative estimate of drug-likeness (QED) is 0.844. The fourth-order valence-electron chi connectivity index (χ4n) is 3.03. The number of hydrogen-bond donors (Lipinski definition) is 0. The van der Waals surface area contributed by atoms with E-state index < -0.39 is 0 Å². The van der Waals surface area contributed by atoms with Gasteiger partial charge < -0.3 is 14.7 Å². The Balaban J connectivity index is 1.54. The van der Waals surface area contributed by atoms with Crippen LogP contribution in [0.25, 0.3) is 0 Å². The average Bonchev–Trinajstić information content (AvgIpc) is 2.68. The molecular weight excluding hydrogens is 328 g/mol. The molecule has 1 saturated heterocycles. The first-order valence-corrected chi connectivity index (χ1v) is 8.81. The molecule has 1 aromatic heterocycles. The SMILES string of the molecule is CC(=O)N(C)c1ccc(CC(=O)N2CCN(c3ccccn3)CC2)cc1. The van der Waals surface area contributed by atoms with Crippen LogP contribution in [0.3, 0.4) is 0 Å². The lowest BCUT2D eigenvalue weighted by molar-refractivity contribution is -0.130. The van der Waals surface area contributed by atoms with Gasteiger partial charge in [0.2, 0.25) is 11.8 Å². The van der Waals surface area contributed by atoms with Crippen LogP contribution >= 0.6 is 0 Å². The van der Waals surface area contributed by atoms with Gasteiger partial charge >= 0.3 is 0 Å². The number of benzene rings is 1. The lowest BCUT2D eigenvalue weighted by Crippen LogP contribution is -2.49. The summed E-state index contributed by atoms with van der Waals surface area (Å²) in [5.74, 6) is 1.09. The average molecular weight is 352 g/mol. The summed E-state index contributed by atoms with van der Waals surface area (Å²) in [6.45, 7) is 4.54. The van der Waals surface area contributed by atoms with Crippen LogP contribution in [0.1, 0.15) is 12.5 Å². The van der Waals surface area contributed by atoms with E-state index in [9.17, 15) is 9.59 Å². The summed E-state index contributed by atoms with van der Waals surface area (Å²) in [6.07, 6.45) is 2.17. The Kier molecular flexibility index (Phi) is 5.51. The number of pyridine rings is 1. The van der Waals surface area contributed by atoms with Gasteiger partial charge in [0.15, 0.2) is 0 Å². The third-order valence-electron chi connectivity index (χ3n) is 4.76. The van der Waals surface area contributed by atoms with Crippen molar-refractivity contribution in [2.24, 2.45) is 0 Å². The lowest BCUT2D eigenvalue weighted by Gasteiger charge is -2.35. The zero-order valence-electron chi connectivity index (χ0n) is 15.3. The summed E-state index contributed by atoms with van der Waals surface area (Å²) in [7, 11) is 1.74. The summed E-state index contributed by atoms with van der Waals surface area (Å²) in [5.41, 5.74) is 1.79. The minimum atomic E-state index is -0.0143. The molecule has 6 heteroatoms. The van der Waals surface area contributed by atoms with Crippen LogP contribution in [-0.4, -0.2) is 54.9 Å². The van der Waals surface area contributed by atoms with Gasteiger partial charge in [0.25, 0.3) is 0 Å². The molecule has 136 valence electrons. The molecule has 0 aliphatic carbocycles. The molecule has 26 heavy (non-hydrogen) atoms. The van der Waals surface area contributed by atoms with Crippen LogP contribution in [-0.2, 0) is 16.0 Å². The maximum atomic E-state index is 12.6. The summed E-state index contributed by atoms with van der Waals surface area (Å²) in [6, 6.07) is 13.5. The number of amides is 2. The molecule has 0 saturated carbocycles. The molecule has 0 atom stereocenters. The van der Waals surface area contributed by atoms with Crippen LogP contribution in [0.2, 0.25) is 0 Å². The number of aromatic nitrogens is 1. The first kappa shape index (κ1) is 17.9. The zero-order chi connectivity index (χ0) is 18.5. The van der Waals surface area contributed by atoms with Crippen molar-refractivity contribution < 1.29 is 9.59 Å². The first-order valence-electron chi connectivity index (χ1n) is 8.81. The second-order valence-corrected chi connectivity index (χ2v) is 6.48. The molecule has 2 heterocycles. The molecular formula is C20H24N4O2. The molecule has 1 aliphatic rings. The van der Waals surface area contributed by atoms with Crippen LogP contribution in [0, 0.1) is 0 Å². The lowest BCUT2D eigenvalue weighted by atomic mass is 10.1. The van der Waals surface area contributed by atoms with Crippen molar-refractivity contribution >= 4 is 23.3 Å². The molecule has 3 rings (SSSR count). The monoisotopic (exact) mass is 352 g/mol. The summed E-state index contributed by atoms with van der Waals surface area (Å²) in [5, 5.41) is 0. The predicted octanol–water partition coefficient (Wildman–Crippen LogP) is 1.96. The minimum Gasteiger partial charge on any atom is -0.353 e. The minimum absolute atomic E-state index is 0.0143. The van der Waals surface area contributed by atoms with Crippen LogP contribution in [0.5, 0.6) is 0 Å². The van der Waals surface area contributed by atoms with Crippen molar-refractivity contribution in [3.8, 4) is 0 Å². The van der Waals surface area contributed by atoms with Gasteiger partial charge in [0.1, 0.15) is 5.82 Å². The number of carbonyl (C=O) groups is 2. The zero-order valence-corrected chi connectivity index (χ0v) is 15.3. The standard InChI is InChI=1S/C20H24N4O2/c1-16(25)22(2)18-8-6-17(7-9-18)15-20(26)24-13-11-23(12-14-24)19-5-3-4-10-21-19/h3-10H,11-15H2,1-2H3. The van der Waals surface area contributed by atoms with Crippen LogP contribution in [0.4, 0.5) is 11.5 Å². The second kappa shape index (κ2) is 7.99. The first-order chi connectivity index (χ1) is 12.5. The van der Waals surface area contributed by atoms with Gasteiger partial charge in [-0.2, -0.15) is 0 Å². The smallest absolute Gasteiger partial charge is 0.227 e. The van der Waals surface area contributed by atoms with Crippen LogP contribution < -0.4 is 9.80 Å². The molecule has 0 radical (unpaired) electrons. The molecule has 2 aromatic rings. The highest BCUT2D eigenvalue weighted by molar-refractivity contribution is 5.90. The fourth-order valence-corrected chi connectivity index (χ4v) is 3.03. The molecule has 1 aromatic carbocycles. The Labute approximate surface area is 154 Å². The Bertz CT molecular complexity index is 753. The number of piperazine rings is 1. The normalized spacial score (nSPS) is 14.2. The van der Waals surface area contributed by atoms with Gasteiger partial charge in [-0.05, 0) is 29.8 Å². The molecule has 1 fully saturated rings. The second-order valence-electron chi connectivity index (χ2n) is 6.48. The van der Waals surface area contributed by atoms with Crippen LogP contribution in [0.15, 0.2) is 48.7 Å². The number of rotatable bonds is 4. The van der Waals surface area contributed by atoms with E-state index >= 15 is 0 Å². The van der Waals surface area contributed by atoms with Gasteiger partial charge in [-0.3, -0.25) is 9.59 Å². The number of hydrogen-bond acceptors (Lipinski definition) is 4. The third kappa shape index (κ3) is 4.20. The van der Waals surface area contributed by atoms with E-state index in [0.29, 0.717) is 19.5 Å². The van der Waals surface area contributed by atoms with Gasteiger partial charge in [0.05, 0.1) is 6.42 Å². The van der Waals surface area contributed by atoms with Crippen molar-refractivity contribution in [1.29, 1.82) is 0 Å². The maximum absolute atomic E-state index is 12.6. The molecule has 0 spiro atoms. The Hall–Kier alpha value is -2.89. The third-order valence-corrected chi connectivity index (χ3v) is 4.76. The van der Waals surface area contributed by atoms with E-state index in [2.05, 4.69) is 9.88 Å². The highest BCUT2D eigenvalue weighted by atomic mass is 16.2. The summed E-state index contributed by atoms with van der Waals surface area (Å²) < 4.78 is 0. The van der Waals surface area contributed by atoms with E-state index in [1.165, 1.54) is 6.92 Å². The number of anilines is 2. The largest absolute Gasteiger partial charge is 0.353 e. The molecule has 1 aliphatic heterocycles. The molecule has 6 nitrogen and oxygen atoms in total. The van der Waals surface area contributed by atoms with Crippen molar-refractivity contribution in [3.05, 3.63) is 54.2 Å². The Morgan fingerprint density at radius 2 is 1.73 bits per heavy atom. The summed E-state index contributed by atoms with van der Waals surface area (Å²) >= 11 is 0. The number of carbonyl (C=O) groups excluding carboxylic acids is 2. The van der Waals surface area contributed by atoms with E-state index in [1.54, 1.807) is 18.1 Å². The predicted molar refractivity (Wildman–Crippen MR) is 102 cm³/mol. The van der Waals surface area contributed by atoms with Gasteiger partial charge in [0, 0.05) is 52.0 Å². The van der Waals surface area contributed by atoms with Gasteiger partial charge in [-0.25, -0.2) is 4.98 Å². The van der Waals surface area contributed by atoms with Crippen molar-refractivity contribution in [2.75, 3.05) is 43.0 Å². The Morgan fingerprint density at radius 3 is 2.31 bits per heavy atom. The topological polar surface area (TPSA) is 56.8 Å². The van der Waals surface area contributed by atoms with E-state index in [0.717, 1.165) is 30.2 Å². The van der Waals surface area contributed by atoms with E-state index in [4.69, 9.17) is 0 Å². The van der Waals surface area contributed by atoms with Crippen molar-refractivity contribution in [3.63, 3.8) is 0 Å². The van der Waals surface area contributed by atoms with Crippen molar-refractivity contribution in [1.82, 2.24) is 9.88 Å². The molecule has 0 bridgehead atoms. The van der Waals surface area contributed by atoms with Gasteiger partial charge in [-0.1, -0.05) is 18.2 Å². The summed E-state index contributed by atoms with van der Waals surface area (Å²) in [4.78, 5) is 34.0. The van der Waals surface area contributed by atoms with Crippen molar-refractivity contribution in [2.45, 2.75) is 13.3 Å². The molecule has 2 amide bonds. The van der Waals surface area contributed by atoms with Gasteiger partial charge in [-0.15, -0.1) is 0 Å². The fraction of sp³-hybridized carbons (Fsp3) is 0.350.